The Morgan fingerprint density at radius 1 is 1.25 bits per heavy atom. The van der Waals surface area contributed by atoms with Gasteiger partial charge in [0.2, 0.25) is 0 Å². The summed E-state index contributed by atoms with van der Waals surface area (Å²) in [6.07, 6.45) is 2.06. The van der Waals surface area contributed by atoms with Gasteiger partial charge in [0.25, 0.3) is 0 Å². The van der Waals surface area contributed by atoms with Crippen LogP contribution in [0.1, 0.15) is 28.7 Å². The number of carbonyl (C=O) groups excluding carboxylic acids is 1. The Bertz CT molecular complexity index is 629. The molecule has 2 rings (SSSR count). The molecule has 2 aromatic rings. The first-order chi connectivity index (χ1) is 9.45. The van der Waals surface area contributed by atoms with E-state index >= 15 is 0 Å². The number of rotatable bonds is 4. The highest BCUT2D eigenvalue weighted by Crippen LogP contribution is 2.24. The third kappa shape index (κ3) is 2.79. The van der Waals surface area contributed by atoms with E-state index in [1.165, 1.54) is 4.90 Å². The first kappa shape index (κ1) is 15.2. The fourth-order valence-corrected chi connectivity index (χ4v) is 2.88. The van der Waals surface area contributed by atoms with Gasteiger partial charge in [0.15, 0.2) is 5.78 Å². The van der Waals surface area contributed by atoms with Crippen molar-refractivity contribution in [2.45, 2.75) is 31.0 Å². The monoisotopic (exact) mass is 307 g/mol. The van der Waals surface area contributed by atoms with Crippen LogP contribution >= 0.6 is 23.4 Å². The van der Waals surface area contributed by atoms with E-state index in [1.807, 2.05) is 19.9 Å². The minimum Gasteiger partial charge on any atom is -0.318 e. The average Bonchev–Trinajstić information content (AvgIpc) is 2.73. The number of halogens is 1. The number of carbonyl (C=O) groups is 1. The van der Waals surface area contributed by atoms with Crippen molar-refractivity contribution < 1.29 is 4.79 Å². The van der Waals surface area contributed by atoms with Crippen molar-refractivity contribution in [3.05, 3.63) is 47.3 Å². The van der Waals surface area contributed by atoms with E-state index in [0.717, 1.165) is 17.1 Å². The summed E-state index contributed by atoms with van der Waals surface area (Å²) in [6, 6.07) is 10.2. The molecule has 2 nitrogen and oxygen atoms in total. The Hall–Kier alpha value is -1.19. The highest BCUT2D eigenvalue weighted by atomic mass is 35.5. The molecule has 1 unspecified atom stereocenters. The zero-order valence-corrected chi connectivity index (χ0v) is 13.7. The van der Waals surface area contributed by atoms with Crippen molar-refractivity contribution in [2.75, 3.05) is 6.26 Å². The average molecular weight is 308 g/mol. The zero-order chi connectivity index (χ0) is 14.9. The SMILES string of the molecule is CSc1ccc(-n2c(C)cc(C(=O)C(C)Cl)c2C)cc1. The summed E-state index contributed by atoms with van der Waals surface area (Å²) in [6.45, 7) is 5.68. The molecule has 0 spiro atoms. The standard InChI is InChI=1S/C16H18ClNOS/c1-10-9-15(16(19)11(2)17)12(3)18(10)13-5-7-14(20-4)8-6-13/h5-9,11H,1-4H3. The quantitative estimate of drug-likeness (QED) is 0.467. The van der Waals surface area contributed by atoms with Crippen LogP contribution in [0.3, 0.4) is 0 Å². The lowest BCUT2D eigenvalue weighted by atomic mass is 10.1. The molecular weight excluding hydrogens is 290 g/mol. The summed E-state index contributed by atoms with van der Waals surface area (Å²) in [5.41, 5.74) is 3.76. The Morgan fingerprint density at radius 2 is 1.85 bits per heavy atom. The van der Waals surface area contributed by atoms with Crippen molar-refractivity contribution in [3.63, 3.8) is 0 Å². The van der Waals surface area contributed by atoms with Crippen molar-refractivity contribution in [1.82, 2.24) is 4.57 Å². The molecule has 20 heavy (non-hydrogen) atoms. The summed E-state index contributed by atoms with van der Waals surface area (Å²) in [5.74, 6) is -0.0215. The summed E-state index contributed by atoms with van der Waals surface area (Å²) in [5, 5.41) is -0.497. The molecule has 0 amide bonds. The summed E-state index contributed by atoms with van der Waals surface area (Å²) >= 11 is 7.63. The number of nitrogens with zero attached hydrogens (tertiary/aromatic N) is 1. The molecule has 1 atom stereocenters. The third-order valence-corrected chi connectivity index (χ3v) is 4.33. The van der Waals surface area contributed by atoms with E-state index in [9.17, 15) is 4.79 Å². The molecule has 1 heterocycles. The molecule has 106 valence electrons. The smallest absolute Gasteiger partial charge is 0.182 e. The third-order valence-electron chi connectivity index (χ3n) is 3.39. The molecule has 4 heteroatoms. The number of aryl methyl sites for hydroxylation is 1. The predicted octanol–water partition coefficient (Wildman–Crippen LogP) is 4.63. The van der Waals surface area contributed by atoms with E-state index in [0.29, 0.717) is 5.56 Å². The van der Waals surface area contributed by atoms with E-state index < -0.39 is 5.38 Å². The molecule has 1 aromatic heterocycles. The van der Waals surface area contributed by atoms with Crippen LogP contribution in [0.15, 0.2) is 35.2 Å². The number of ketones is 1. The normalized spacial score (nSPS) is 12.4. The van der Waals surface area contributed by atoms with E-state index in [-0.39, 0.29) is 5.78 Å². The Balaban J connectivity index is 2.49. The van der Waals surface area contributed by atoms with Crippen LogP contribution in [0.25, 0.3) is 5.69 Å². The van der Waals surface area contributed by atoms with Gasteiger partial charge in [-0.25, -0.2) is 0 Å². The van der Waals surface area contributed by atoms with Crippen LogP contribution < -0.4 is 0 Å². The lowest BCUT2D eigenvalue weighted by molar-refractivity contribution is 0.0991. The van der Waals surface area contributed by atoms with Crippen molar-refractivity contribution in [3.8, 4) is 5.69 Å². The van der Waals surface area contributed by atoms with Crippen molar-refractivity contribution >= 4 is 29.1 Å². The van der Waals surface area contributed by atoms with Gasteiger partial charge in [-0.05, 0) is 57.4 Å². The van der Waals surface area contributed by atoms with E-state index in [1.54, 1.807) is 18.7 Å². The largest absolute Gasteiger partial charge is 0.318 e. The molecule has 0 aliphatic heterocycles. The van der Waals surface area contributed by atoms with Crippen LogP contribution in [0.5, 0.6) is 0 Å². The molecule has 0 aliphatic rings. The predicted molar refractivity (Wildman–Crippen MR) is 86.7 cm³/mol. The summed E-state index contributed by atoms with van der Waals surface area (Å²) in [4.78, 5) is 13.3. The number of thioether (sulfide) groups is 1. The minimum absolute atomic E-state index is 0.0215. The molecule has 1 aromatic carbocycles. The number of benzene rings is 1. The second-order valence-corrected chi connectivity index (χ2v) is 6.33. The van der Waals surface area contributed by atoms with Gasteiger partial charge in [-0.15, -0.1) is 23.4 Å². The number of Topliss-reactive ketones (excluding diaryl/α,β-unsaturated/α-hetero) is 1. The molecule has 0 N–H and O–H groups in total. The topological polar surface area (TPSA) is 22.0 Å². The number of aromatic nitrogens is 1. The van der Waals surface area contributed by atoms with Gasteiger partial charge >= 0.3 is 0 Å². The van der Waals surface area contributed by atoms with Gasteiger partial charge in [-0.3, -0.25) is 4.79 Å². The maximum Gasteiger partial charge on any atom is 0.182 e. The molecule has 0 aliphatic carbocycles. The molecule has 0 saturated heterocycles. The van der Waals surface area contributed by atoms with Crippen LogP contribution in [0.2, 0.25) is 0 Å². The minimum atomic E-state index is -0.497. The molecule has 0 saturated carbocycles. The maximum atomic E-state index is 12.1. The second-order valence-electron chi connectivity index (χ2n) is 4.80. The van der Waals surface area contributed by atoms with Gasteiger partial charge in [0.05, 0.1) is 5.38 Å². The van der Waals surface area contributed by atoms with Gasteiger partial charge in [0.1, 0.15) is 0 Å². The maximum absolute atomic E-state index is 12.1. The Kier molecular flexibility index (Phi) is 4.61. The van der Waals surface area contributed by atoms with E-state index in [4.69, 9.17) is 11.6 Å². The van der Waals surface area contributed by atoms with E-state index in [2.05, 4.69) is 35.1 Å². The summed E-state index contributed by atoms with van der Waals surface area (Å²) < 4.78 is 2.09. The first-order valence-electron chi connectivity index (χ1n) is 6.47. The first-order valence-corrected chi connectivity index (χ1v) is 8.13. The fraction of sp³-hybridized carbons (Fsp3) is 0.312. The van der Waals surface area contributed by atoms with Crippen LogP contribution in [0.4, 0.5) is 0 Å². The van der Waals surface area contributed by atoms with Gasteiger partial charge in [-0.1, -0.05) is 0 Å². The highest BCUT2D eigenvalue weighted by Gasteiger charge is 2.19. The van der Waals surface area contributed by atoms with Gasteiger partial charge < -0.3 is 4.57 Å². The molecule has 0 fully saturated rings. The number of hydrogen-bond donors (Lipinski definition) is 0. The van der Waals surface area contributed by atoms with Gasteiger partial charge in [-0.2, -0.15) is 0 Å². The molecule has 0 radical (unpaired) electrons. The fourth-order valence-electron chi connectivity index (χ4n) is 2.36. The highest BCUT2D eigenvalue weighted by molar-refractivity contribution is 7.98. The second kappa shape index (κ2) is 6.06. The Labute approximate surface area is 129 Å². The van der Waals surface area contributed by atoms with Crippen LogP contribution in [-0.2, 0) is 0 Å². The van der Waals surface area contributed by atoms with Crippen LogP contribution in [-0.4, -0.2) is 22.0 Å². The number of alkyl halides is 1. The van der Waals surface area contributed by atoms with Crippen molar-refractivity contribution in [1.29, 1.82) is 0 Å². The van der Waals surface area contributed by atoms with Gasteiger partial charge in [0, 0.05) is 27.5 Å². The number of hydrogen-bond acceptors (Lipinski definition) is 2. The van der Waals surface area contributed by atoms with Crippen molar-refractivity contribution in [2.24, 2.45) is 0 Å². The Morgan fingerprint density at radius 3 is 2.35 bits per heavy atom. The molecular formula is C16H18ClNOS. The molecule has 0 bridgehead atoms. The summed E-state index contributed by atoms with van der Waals surface area (Å²) in [7, 11) is 0. The lowest BCUT2D eigenvalue weighted by Gasteiger charge is -2.10. The zero-order valence-electron chi connectivity index (χ0n) is 12.1. The van der Waals surface area contributed by atoms with Crippen LogP contribution in [0, 0.1) is 13.8 Å². The lowest BCUT2D eigenvalue weighted by Crippen LogP contribution is -2.11.